The Bertz CT molecular complexity index is 3590. The van der Waals surface area contributed by atoms with Crippen LogP contribution in [-0.2, 0) is 0 Å². The minimum absolute atomic E-state index is 1.08. The summed E-state index contributed by atoms with van der Waals surface area (Å²) in [5.74, 6) is 0. The molecular formula is C62H42N2. The highest BCUT2D eigenvalue weighted by molar-refractivity contribution is 6.10. The smallest absolute Gasteiger partial charge is 0.0546 e. The van der Waals surface area contributed by atoms with Gasteiger partial charge >= 0.3 is 0 Å². The van der Waals surface area contributed by atoms with Gasteiger partial charge in [-0.3, -0.25) is 0 Å². The van der Waals surface area contributed by atoms with E-state index in [2.05, 4.69) is 264 Å². The Morgan fingerprint density at radius 2 is 0.766 bits per heavy atom. The van der Waals surface area contributed by atoms with Crippen LogP contribution in [0.3, 0.4) is 0 Å². The van der Waals surface area contributed by atoms with Gasteiger partial charge in [0.2, 0.25) is 0 Å². The topological polar surface area (TPSA) is 8.17 Å². The predicted octanol–water partition coefficient (Wildman–Crippen LogP) is 17.2. The van der Waals surface area contributed by atoms with Crippen molar-refractivity contribution in [2.45, 2.75) is 0 Å². The zero-order valence-corrected chi connectivity index (χ0v) is 35.1. The quantitative estimate of drug-likeness (QED) is 0.139. The maximum absolute atomic E-state index is 2.44. The molecule has 0 fully saturated rings. The SMILES string of the molecule is c1ccc(-c2ccc(-c3ccccc3)c(N(c3ccc(-c4ccc(-n5c6ccccc6c6ccccc65)cc4-c4ccccc4)cc3)c3ccc4c(ccc5ccccc54)c3)c2)cc1. The van der Waals surface area contributed by atoms with Crippen LogP contribution in [0.1, 0.15) is 0 Å². The van der Waals surface area contributed by atoms with Gasteiger partial charge in [0.15, 0.2) is 0 Å². The summed E-state index contributed by atoms with van der Waals surface area (Å²) in [5, 5.41) is 7.47. The molecule has 0 radical (unpaired) electrons. The van der Waals surface area contributed by atoms with Crippen LogP contribution < -0.4 is 4.90 Å². The van der Waals surface area contributed by atoms with Crippen LogP contribution in [0.15, 0.2) is 255 Å². The maximum atomic E-state index is 2.44. The molecule has 0 spiro atoms. The van der Waals surface area contributed by atoms with E-state index in [1.165, 1.54) is 76.7 Å². The summed E-state index contributed by atoms with van der Waals surface area (Å²) in [6.07, 6.45) is 0. The van der Waals surface area contributed by atoms with E-state index in [0.29, 0.717) is 0 Å². The molecule has 12 aromatic rings. The monoisotopic (exact) mass is 814 g/mol. The number of hydrogen-bond acceptors (Lipinski definition) is 1. The van der Waals surface area contributed by atoms with Crippen molar-refractivity contribution in [2.75, 3.05) is 4.90 Å². The average molecular weight is 815 g/mol. The van der Waals surface area contributed by atoms with Gasteiger partial charge in [-0.1, -0.05) is 200 Å². The van der Waals surface area contributed by atoms with Gasteiger partial charge in [-0.25, -0.2) is 0 Å². The molecule has 0 amide bonds. The van der Waals surface area contributed by atoms with E-state index in [0.717, 1.165) is 33.9 Å². The second kappa shape index (κ2) is 15.8. The van der Waals surface area contributed by atoms with E-state index < -0.39 is 0 Å². The van der Waals surface area contributed by atoms with Gasteiger partial charge in [-0.15, -0.1) is 0 Å². The van der Waals surface area contributed by atoms with E-state index >= 15 is 0 Å². The lowest BCUT2D eigenvalue weighted by atomic mass is 9.93. The molecule has 0 N–H and O–H groups in total. The van der Waals surface area contributed by atoms with Crippen molar-refractivity contribution in [3.8, 4) is 50.2 Å². The largest absolute Gasteiger partial charge is 0.310 e. The zero-order chi connectivity index (χ0) is 42.4. The zero-order valence-electron chi connectivity index (χ0n) is 35.1. The number of hydrogen-bond donors (Lipinski definition) is 0. The Morgan fingerprint density at radius 1 is 0.266 bits per heavy atom. The fraction of sp³-hybridized carbons (Fsp3) is 0. The molecule has 0 aliphatic carbocycles. The van der Waals surface area contributed by atoms with Crippen molar-refractivity contribution in [3.05, 3.63) is 255 Å². The first-order valence-corrected chi connectivity index (χ1v) is 22.0. The fourth-order valence-electron chi connectivity index (χ4n) is 9.73. The summed E-state index contributed by atoms with van der Waals surface area (Å²) in [6.45, 7) is 0. The molecule has 1 heterocycles. The molecule has 0 aliphatic rings. The second-order valence-electron chi connectivity index (χ2n) is 16.5. The summed E-state index contributed by atoms with van der Waals surface area (Å²) in [5.41, 5.74) is 16.2. The van der Waals surface area contributed by atoms with Crippen LogP contribution in [0.5, 0.6) is 0 Å². The van der Waals surface area contributed by atoms with Crippen molar-refractivity contribution in [1.82, 2.24) is 4.57 Å². The summed E-state index contributed by atoms with van der Waals surface area (Å²) >= 11 is 0. The molecule has 0 unspecified atom stereocenters. The first-order chi connectivity index (χ1) is 31.7. The lowest BCUT2D eigenvalue weighted by molar-refractivity contribution is 1.18. The Labute approximate surface area is 373 Å². The van der Waals surface area contributed by atoms with Crippen LogP contribution in [0.4, 0.5) is 17.1 Å². The molecule has 300 valence electrons. The Hall–Kier alpha value is -8.46. The molecule has 0 bridgehead atoms. The fourth-order valence-corrected chi connectivity index (χ4v) is 9.73. The number of aromatic nitrogens is 1. The normalized spacial score (nSPS) is 11.4. The molecule has 2 heteroatoms. The molecule has 0 aliphatic heterocycles. The van der Waals surface area contributed by atoms with Crippen LogP contribution >= 0.6 is 0 Å². The molecule has 11 aromatic carbocycles. The Morgan fingerprint density at radius 3 is 1.45 bits per heavy atom. The molecule has 1 aromatic heterocycles. The highest BCUT2D eigenvalue weighted by Crippen LogP contribution is 2.45. The highest BCUT2D eigenvalue weighted by atomic mass is 15.1. The molecule has 64 heavy (non-hydrogen) atoms. The first kappa shape index (κ1) is 37.3. The lowest BCUT2D eigenvalue weighted by Gasteiger charge is -2.29. The predicted molar refractivity (Wildman–Crippen MR) is 272 cm³/mol. The number of para-hydroxylation sites is 2. The van der Waals surface area contributed by atoms with Gasteiger partial charge < -0.3 is 9.47 Å². The summed E-state index contributed by atoms with van der Waals surface area (Å²) in [4.78, 5) is 2.44. The Balaban J connectivity index is 1.04. The van der Waals surface area contributed by atoms with Crippen LogP contribution in [-0.4, -0.2) is 4.57 Å². The van der Waals surface area contributed by atoms with Gasteiger partial charge in [0.25, 0.3) is 0 Å². The second-order valence-corrected chi connectivity index (χ2v) is 16.5. The Kier molecular flexibility index (Phi) is 9.20. The van der Waals surface area contributed by atoms with Crippen LogP contribution in [0, 0.1) is 0 Å². The van der Waals surface area contributed by atoms with E-state index in [-0.39, 0.29) is 0 Å². The molecule has 0 saturated heterocycles. The molecule has 12 rings (SSSR count). The molecule has 0 saturated carbocycles. The number of benzene rings is 11. The third-order valence-electron chi connectivity index (χ3n) is 12.8. The van der Waals surface area contributed by atoms with E-state index in [9.17, 15) is 0 Å². The minimum Gasteiger partial charge on any atom is -0.310 e. The van der Waals surface area contributed by atoms with Crippen molar-refractivity contribution >= 4 is 60.4 Å². The highest BCUT2D eigenvalue weighted by Gasteiger charge is 2.21. The number of fused-ring (bicyclic) bond motifs is 6. The van der Waals surface area contributed by atoms with Crippen molar-refractivity contribution in [3.63, 3.8) is 0 Å². The molecule has 2 nitrogen and oxygen atoms in total. The van der Waals surface area contributed by atoms with Crippen LogP contribution in [0.2, 0.25) is 0 Å². The van der Waals surface area contributed by atoms with Crippen molar-refractivity contribution in [1.29, 1.82) is 0 Å². The van der Waals surface area contributed by atoms with Gasteiger partial charge in [-0.05, 0) is 115 Å². The third-order valence-corrected chi connectivity index (χ3v) is 12.8. The number of rotatable bonds is 8. The average Bonchev–Trinajstić information content (AvgIpc) is 3.71. The standard InChI is InChI=1S/C62H42N2/c1-4-16-43(17-5-1)48-32-37-56(44-18-6-2-7-19-44)62(41-48)63(51-35-39-55-49(40-51)29-28-46-22-10-11-23-53(46)55)50-33-30-47(31-34-50)54-38-36-52(42-59(54)45-20-8-3-9-21-45)64-60-26-14-12-24-57(60)58-25-13-15-27-61(58)64/h1-42H. The number of nitrogens with zero attached hydrogens (tertiary/aromatic N) is 2. The van der Waals surface area contributed by atoms with Crippen LogP contribution in [0.25, 0.3) is 93.5 Å². The van der Waals surface area contributed by atoms with E-state index in [4.69, 9.17) is 0 Å². The van der Waals surface area contributed by atoms with E-state index in [1.807, 2.05) is 0 Å². The minimum atomic E-state index is 1.08. The number of anilines is 3. The third kappa shape index (κ3) is 6.52. The van der Waals surface area contributed by atoms with Crippen molar-refractivity contribution in [2.24, 2.45) is 0 Å². The van der Waals surface area contributed by atoms with Gasteiger partial charge in [0.05, 0.1) is 16.7 Å². The van der Waals surface area contributed by atoms with Crippen molar-refractivity contribution < 1.29 is 0 Å². The summed E-state index contributed by atoms with van der Waals surface area (Å²) < 4.78 is 2.40. The summed E-state index contributed by atoms with van der Waals surface area (Å²) in [6, 6.07) is 92.8. The maximum Gasteiger partial charge on any atom is 0.0546 e. The molecular weight excluding hydrogens is 773 g/mol. The van der Waals surface area contributed by atoms with Gasteiger partial charge in [0.1, 0.15) is 0 Å². The van der Waals surface area contributed by atoms with Gasteiger partial charge in [0, 0.05) is 33.4 Å². The van der Waals surface area contributed by atoms with Gasteiger partial charge in [-0.2, -0.15) is 0 Å². The lowest BCUT2D eigenvalue weighted by Crippen LogP contribution is -2.11. The van der Waals surface area contributed by atoms with E-state index in [1.54, 1.807) is 0 Å². The first-order valence-electron chi connectivity index (χ1n) is 22.0. The molecule has 0 atom stereocenters. The summed E-state index contributed by atoms with van der Waals surface area (Å²) in [7, 11) is 0.